The van der Waals surface area contributed by atoms with E-state index in [0.29, 0.717) is 18.7 Å². The fourth-order valence-electron chi connectivity index (χ4n) is 3.21. The highest BCUT2D eigenvalue weighted by Crippen LogP contribution is 2.22. The van der Waals surface area contributed by atoms with Crippen molar-refractivity contribution < 1.29 is 9.59 Å². The largest absolute Gasteiger partial charge is 0.360 e. The Morgan fingerprint density at radius 1 is 1.21 bits per heavy atom. The number of aryl methyl sites for hydroxylation is 1. The van der Waals surface area contributed by atoms with Crippen LogP contribution in [0.2, 0.25) is 0 Å². The summed E-state index contributed by atoms with van der Waals surface area (Å²) in [6, 6.07) is 5.87. The van der Waals surface area contributed by atoms with Gasteiger partial charge < -0.3 is 20.5 Å². The lowest BCUT2D eigenvalue weighted by molar-refractivity contribution is -0.137. The normalized spacial score (nSPS) is 15.5. The maximum absolute atomic E-state index is 12.8. The summed E-state index contributed by atoms with van der Waals surface area (Å²) in [4.78, 5) is 30.4. The molecule has 0 atom stereocenters. The summed E-state index contributed by atoms with van der Waals surface area (Å²) in [6.07, 6.45) is 1.71. The van der Waals surface area contributed by atoms with Gasteiger partial charge in [0, 0.05) is 43.3 Å². The molecule has 1 aliphatic heterocycles. The lowest BCUT2D eigenvalue weighted by Crippen LogP contribution is -2.59. The zero-order valence-corrected chi connectivity index (χ0v) is 14.4. The molecule has 0 unspecified atom stereocenters. The molecule has 0 aliphatic carbocycles. The highest BCUT2D eigenvalue weighted by Gasteiger charge is 2.34. The van der Waals surface area contributed by atoms with Crippen molar-refractivity contribution in [3.63, 3.8) is 0 Å². The summed E-state index contributed by atoms with van der Waals surface area (Å²) in [7, 11) is 0. The molecule has 1 aromatic carbocycles. The molecule has 3 rings (SSSR count). The number of rotatable bonds is 3. The monoisotopic (exact) mass is 328 g/mol. The number of amides is 2. The van der Waals surface area contributed by atoms with Crippen molar-refractivity contribution in [1.82, 2.24) is 20.5 Å². The van der Waals surface area contributed by atoms with Gasteiger partial charge in [-0.05, 0) is 32.4 Å². The summed E-state index contributed by atoms with van der Waals surface area (Å²) in [6.45, 7) is 8.42. The fraction of sp³-hybridized carbons (Fsp3) is 0.444. The minimum Gasteiger partial charge on any atom is -0.360 e. The molecule has 3 N–H and O–H groups in total. The van der Waals surface area contributed by atoms with Gasteiger partial charge >= 0.3 is 0 Å². The van der Waals surface area contributed by atoms with Crippen LogP contribution in [-0.4, -0.2) is 53.4 Å². The van der Waals surface area contributed by atoms with Crippen molar-refractivity contribution in [2.24, 2.45) is 0 Å². The molecule has 2 aromatic rings. The number of carbonyl (C=O) groups is 2. The van der Waals surface area contributed by atoms with E-state index in [9.17, 15) is 9.59 Å². The second-order valence-electron chi connectivity index (χ2n) is 6.82. The van der Waals surface area contributed by atoms with Gasteiger partial charge in [-0.3, -0.25) is 9.59 Å². The summed E-state index contributed by atoms with van der Waals surface area (Å²) in [5, 5.41) is 7.03. The van der Waals surface area contributed by atoms with Crippen LogP contribution in [0.5, 0.6) is 0 Å². The molecule has 0 radical (unpaired) electrons. The first-order valence-corrected chi connectivity index (χ1v) is 8.29. The lowest BCUT2D eigenvalue weighted by atomic mass is 10.0. The van der Waals surface area contributed by atoms with Crippen molar-refractivity contribution in [3.05, 3.63) is 35.5 Å². The van der Waals surface area contributed by atoms with Gasteiger partial charge in [0.2, 0.25) is 5.91 Å². The molecule has 1 aliphatic rings. The van der Waals surface area contributed by atoms with Gasteiger partial charge in [0.1, 0.15) is 5.54 Å². The molecule has 24 heavy (non-hydrogen) atoms. The van der Waals surface area contributed by atoms with Crippen LogP contribution in [-0.2, 0) is 4.79 Å². The maximum Gasteiger partial charge on any atom is 0.254 e. The number of carbonyl (C=O) groups excluding carboxylic acids is 2. The predicted molar refractivity (Wildman–Crippen MR) is 94.0 cm³/mol. The maximum atomic E-state index is 12.8. The molecule has 0 spiro atoms. The van der Waals surface area contributed by atoms with Crippen LogP contribution in [0.1, 0.15) is 29.8 Å². The zero-order chi connectivity index (χ0) is 17.3. The number of fused-ring (bicyclic) bond motifs is 1. The van der Waals surface area contributed by atoms with Crippen LogP contribution in [0.4, 0.5) is 0 Å². The molecule has 1 aromatic heterocycles. The first kappa shape index (κ1) is 16.5. The number of nitrogens with zero attached hydrogens (tertiary/aromatic N) is 1. The van der Waals surface area contributed by atoms with E-state index in [0.717, 1.165) is 29.6 Å². The number of aromatic nitrogens is 1. The summed E-state index contributed by atoms with van der Waals surface area (Å²) >= 11 is 0. The number of hydrogen-bond acceptors (Lipinski definition) is 3. The Kier molecular flexibility index (Phi) is 4.32. The number of hydrogen-bond donors (Lipinski definition) is 3. The van der Waals surface area contributed by atoms with Gasteiger partial charge in [-0.15, -0.1) is 0 Å². The fourth-order valence-corrected chi connectivity index (χ4v) is 3.21. The van der Waals surface area contributed by atoms with E-state index < -0.39 is 5.54 Å². The van der Waals surface area contributed by atoms with Gasteiger partial charge in [0.25, 0.3) is 5.91 Å². The average molecular weight is 328 g/mol. The van der Waals surface area contributed by atoms with E-state index in [1.165, 1.54) is 0 Å². The van der Waals surface area contributed by atoms with E-state index in [4.69, 9.17) is 0 Å². The Bertz CT molecular complexity index is 772. The molecule has 6 heteroatoms. The first-order valence-electron chi connectivity index (χ1n) is 8.29. The predicted octanol–water partition coefficient (Wildman–Crippen LogP) is 1.42. The van der Waals surface area contributed by atoms with Crippen LogP contribution in [0.15, 0.2) is 24.4 Å². The van der Waals surface area contributed by atoms with E-state index in [1.807, 2.05) is 25.1 Å². The number of H-pyrrole nitrogens is 1. The van der Waals surface area contributed by atoms with Crippen LogP contribution in [0.25, 0.3) is 10.9 Å². The van der Waals surface area contributed by atoms with Crippen molar-refractivity contribution in [2.45, 2.75) is 26.3 Å². The number of piperazine rings is 1. The highest BCUT2D eigenvalue weighted by molar-refractivity contribution is 6.09. The minimum atomic E-state index is -0.944. The van der Waals surface area contributed by atoms with Crippen LogP contribution in [0.3, 0.4) is 0 Å². The third-order valence-corrected chi connectivity index (χ3v) is 4.52. The third kappa shape index (κ3) is 3.01. The van der Waals surface area contributed by atoms with E-state index in [1.54, 1.807) is 24.9 Å². The molecule has 0 bridgehead atoms. The number of nitrogens with one attached hydrogen (secondary N) is 3. The molecule has 2 heterocycles. The van der Waals surface area contributed by atoms with E-state index >= 15 is 0 Å². The zero-order valence-electron chi connectivity index (χ0n) is 14.4. The van der Waals surface area contributed by atoms with E-state index in [-0.39, 0.29) is 11.8 Å². The number of benzene rings is 1. The highest BCUT2D eigenvalue weighted by atomic mass is 16.2. The molecule has 0 saturated carbocycles. The SMILES string of the molecule is Cc1cccc2[nH]cc(C(=O)NC(C)(C)C(=O)N3CCNCC3)c12. The van der Waals surface area contributed by atoms with Crippen LogP contribution >= 0.6 is 0 Å². The Morgan fingerprint density at radius 3 is 2.62 bits per heavy atom. The molecule has 1 fully saturated rings. The van der Waals surface area contributed by atoms with Crippen molar-refractivity contribution in [2.75, 3.05) is 26.2 Å². The van der Waals surface area contributed by atoms with E-state index in [2.05, 4.69) is 15.6 Å². The summed E-state index contributed by atoms with van der Waals surface area (Å²) in [5.74, 6) is -0.280. The molecule has 2 amide bonds. The lowest BCUT2D eigenvalue weighted by Gasteiger charge is -2.35. The molecule has 128 valence electrons. The third-order valence-electron chi connectivity index (χ3n) is 4.52. The smallest absolute Gasteiger partial charge is 0.254 e. The number of aromatic amines is 1. The Hall–Kier alpha value is -2.34. The Labute approximate surface area is 141 Å². The van der Waals surface area contributed by atoms with Gasteiger partial charge in [-0.25, -0.2) is 0 Å². The molecular formula is C18H24N4O2. The standard InChI is InChI=1S/C18H24N4O2/c1-12-5-4-6-14-15(12)13(11-20-14)16(23)21-18(2,3)17(24)22-9-7-19-8-10-22/h4-6,11,19-20H,7-10H2,1-3H3,(H,21,23). The van der Waals surface area contributed by atoms with Crippen molar-refractivity contribution in [1.29, 1.82) is 0 Å². The second-order valence-corrected chi connectivity index (χ2v) is 6.82. The Balaban J connectivity index is 1.81. The average Bonchev–Trinajstić information content (AvgIpc) is 3.00. The van der Waals surface area contributed by atoms with Crippen LogP contribution in [0, 0.1) is 6.92 Å². The second kappa shape index (κ2) is 6.28. The Morgan fingerprint density at radius 2 is 1.92 bits per heavy atom. The van der Waals surface area contributed by atoms with Gasteiger partial charge in [0.15, 0.2) is 0 Å². The molecule has 6 nitrogen and oxygen atoms in total. The van der Waals surface area contributed by atoms with Gasteiger partial charge in [-0.1, -0.05) is 12.1 Å². The minimum absolute atomic E-state index is 0.0473. The topological polar surface area (TPSA) is 77.2 Å². The molecular weight excluding hydrogens is 304 g/mol. The first-order chi connectivity index (χ1) is 11.4. The molecule has 1 saturated heterocycles. The summed E-state index contributed by atoms with van der Waals surface area (Å²) < 4.78 is 0. The van der Waals surface area contributed by atoms with Crippen molar-refractivity contribution >= 4 is 22.7 Å². The van der Waals surface area contributed by atoms with Crippen LogP contribution < -0.4 is 10.6 Å². The van der Waals surface area contributed by atoms with Crippen molar-refractivity contribution in [3.8, 4) is 0 Å². The van der Waals surface area contributed by atoms with Gasteiger partial charge in [0.05, 0.1) is 5.56 Å². The summed E-state index contributed by atoms with van der Waals surface area (Å²) in [5.41, 5.74) is 1.58. The van der Waals surface area contributed by atoms with Gasteiger partial charge in [-0.2, -0.15) is 0 Å². The quantitative estimate of drug-likeness (QED) is 0.797.